The van der Waals surface area contributed by atoms with E-state index in [2.05, 4.69) is 110 Å². The molecule has 2 aromatic carbocycles. The highest BCUT2D eigenvalue weighted by molar-refractivity contribution is 6.77. The van der Waals surface area contributed by atoms with Crippen molar-refractivity contribution in [3.8, 4) is 11.5 Å². The van der Waals surface area contributed by atoms with Gasteiger partial charge in [0.15, 0.2) is 0 Å². The summed E-state index contributed by atoms with van der Waals surface area (Å²) in [5.41, 5.74) is 3.36. The molecule has 2 aliphatic rings. The first-order valence-electron chi connectivity index (χ1n) is 24.8. The zero-order chi connectivity index (χ0) is 43.9. The number of unbranched alkanes of at least 4 members (excludes halogenated alkanes) is 12. The summed E-state index contributed by atoms with van der Waals surface area (Å²) in [7, 11) is -2.32. The average Bonchev–Trinajstić information content (AvgIpc) is 3.27. The summed E-state index contributed by atoms with van der Waals surface area (Å²) in [6.45, 7) is 21.9. The molecule has 340 valence electrons. The molecule has 2 atom stereocenters. The first-order valence-corrected chi connectivity index (χ1v) is 31.6. The molecule has 0 bridgehead atoms. The lowest BCUT2D eigenvalue weighted by atomic mass is 9.90. The fourth-order valence-corrected chi connectivity index (χ4v) is 11.5. The van der Waals surface area contributed by atoms with Gasteiger partial charge in [-0.25, -0.2) is 9.98 Å². The van der Waals surface area contributed by atoms with E-state index in [0.717, 1.165) is 61.2 Å². The van der Waals surface area contributed by atoms with E-state index in [-0.39, 0.29) is 0 Å². The number of benzene rings is 2. The summed E-state index contributed by atoms with van der Waals surface area (Å²) in [5, 5.41) is 0. The van der Waals surface area contributed by atoms with Crippen molar-refractivity contribution in [3.63, 3.8) is 0 Å². The Kier molecular flexibility index (Phi) is 22.4. The summed E-state index contributed by atoms with van der Waals surface area (Å²) in [6, 6.07) is 18.8. The molecular formula is C52H86N4O3Si2. The highest BCUT2D eigenvalue weighted by Gasteiger charge is 2.35. The molecule has 0 aromatic heterocycles. The molecule has 2 unspecified atom stereocenters. The molecule has 2 aromatic rings. The predicted molar refractivity (Wildman–Crippen MR) is 270 cm³/mol. The van der Waals surface area contributed by atoms with Crippen molar-refractivity contribution in [2.45, 2.75) is 205 Å². The number of aliphatic imine (C=N–C) groups is 4. The molecule has 9 heteroatoms. The molecule has 0 saturated carbocycles. The van der Waals surface area contributed by atoms with E-state index in [0.29, 0.717) is 26.3 Å². The second-order valence-electron chi connectivity index (χ2n) is 19.7. The Labute approximate surface area is 375 Å². The number of hydrogen-bond donors (Lipinski definition) is 0. The molecule has 0 spiro atoms. The molecule has 0 aliphatic carbocycles. The average molecular weight is 871 g/mol. The quantitative estimate of drug-likeness (QED) is 0.0543. The van der Waals surface area contributed by atoms with Crippen molar-refractivity contribution in [1.29, 1.82) is 0 Å². The maximum atomic E-state index is 7.13. The summed E-state index contributed by atoms with van der Waals surface area (Å²) in [4.78, 5) is 18.4. The van der Waals surface area contributed by atoms with Crippen LogP contribution in [0.2, 0.25) is 50.4 Å². The third-order valence-electron chi connectivity index (χ3n) is 13.6. The topological polar surface area (TPSA) is 77.1 Å². The molecule has 0 radical (unpaired) electrons. The van der Waals surface area contributed by atoms with Crippen molar-refractivity contribution < 1.29 is 14.2 Å². The highest BCUT2D eigenvalue weighted by Crippen LogP contribution is 2.38. The van der Waals surface area contributed by atoms with E-state index in [1.165, 1.54) is 112 Å². The Hall–Kier alpha value is -2.73. The first kappa shape index (κ1) is 50.9. The van der Waals surface area contributed by atoms with Crippen LogP contribution in [0.4, 0.5) is 0 Å². The molecule has 7 nitrogen and oxygen atoms in total. The Bertz CT molecular complexity index is 1570. The van der Waals surface area contributed by atoms with Gasteiger partial charge in [-0.3, -0.25) is 9.98 Å². The van der Waals surface area contributed by atoms with E-state index in [4.69, 9.17) is 14.2 Å². The second kappa shape index (κ2) is 26.8. The maximum absolute atomic E-state index is 7.13. The summed E-state index contributed by atoms with van der Waals surface area (Å²) in [5.74, 6) is 1.87. The highest BCUT2D eigenvalue weighted by atomic mass is 28.3. The minimum Gasteiger partial charge on any atom is -0.457 e. The van der Waals surface area contributed by atoms with Gasteiger partial charge in [0, 0.05) is 41.8 Å². The fourth-order valence-electron chi connectivity index (χ4n) is 8.36. The normalized spacial score (nSPS) is 19.0. The summed E-state index contributed by atoms with van der Waals surface area (Å²) < 4.78 is 20.7. The van der Waals surface area contributed by atoms with Crippen LogP contribution in [0.25, 0.3) is 0 Å². The van der Waals surface area contributed by atoms with Gasteiger partial charge in [-0.05, 0) is 85.0 Å². The van der Waals surface area contributed by atoms with Crippen LogP contribution in [0.3, 0.4) is 0 Å². The number of rotatable bonds is 32. The Morgan fingerprint density at radius 2 is 0.918 bits per heavy atom. The molecule has 2 aliphatic heterocycles. The van der Waals surface area contributed by atoms with E-state index in [1.54, 1.807) is 12.7 Å². The van der Waals surface area contributed by atoms with Gasteiger partial charge < -0.3 is 14.2 Å². The Morgan fingerprint density at radius 3 is 1.30 bits per heavy atom. The zero-order valence-corrected chi connectivity index (χ0v) is 42.2. The van der Waals surface area contributed by atoms with E-state index >= 15 is 0 Å². The lowest BCUT2D eigenvalue weighted by Crippen LogP contribution is -2.37. The van der Waals surface area contributed by atoms with Crippen LogP contribution >= 0.6 is 0 Å². The molecule has 0 saturated heterocycles. The minimum atomic E-state index is -1.16. The number of aryl methyl sites for hydroxylation is 2. The van der Waals surface area contributed by atoms with Crippen molar-refractivity contribution in [2.75, 3.05) is 26.3 Å². The molecule has 0 N–H and O–H groups in total. The lowest BCUT2D eigenvalue weighted by Gasteiger charge is -2.32. The van der Waals surface area contributed by atoms with E-state index < -0.39 is 27.3 Å². The standard InChI is InChI=1S/C52H86N4O3Si2/c1-9-13-15-17-19-23-33-57-51(39-53-43-54-40-51)47-29-31-49(45(37-47)27-21-25-35-60(5,6)11-3)59-50-32-30-48(38-46(50)28-22-26-36-61(7,8)12-4)52(41-55-44-56-42-52)58-34-24-20-18-16-14-10-2/h29-32,37-39,41,43-44H,9-28,33-36,40,42H2,1-8H3. The summed E-state index contributed by atoms with van der Waals surface area (Å²) in [6.07, 6.45) is 28.7. The van der Waals surface area contributed by atoms with Crippen LogP contribution in [0.5, 0.6) is 11.5 Å². The molecular weight excluding hydrogens is 785 g/mol. The molecule has 0 amide bonds. The van der Waals surface area contributed by atoms with Gasteiger partial charge >= 0.3 is 0 Å². The van der Waals surface area contributed by atoms with Crippen molar-refractivity contribution in [3.05, 3.63) is 58.7 Å². The van der Waals surface area contributed by atoms with Gasteiger partial charge in [-0.15, -0.1) is 0 Å². The minimum absolute atomic E-state index is 0.543. The lowest BCUT2D eigenvalue weighted by molar-refractivity contribution is 0.0116. The monoisotopic (exact) mass is 871 g/mol. The summed E-state index contributed by atoms with van der Waals surface area (Å²) >= 11 is 0. The molecule has 61 heavy (non-hydrogen) atoms. The van der Waals surface area contributed by atoms with Gasteiger partial charge in [-0.1, -0.05) is 167 Å². The number of ether oxygens (including phenoxy) is 3. The zero-order valence-electron chi connectivity index (χ0n) is 40.2. The van der Waals surface area contributed by atoms with E-state index in [9.17, 15) is 0 Å². The van der Waals surface area contributed by atoms with Gasteiger partial charge in [0.25, 0.3) is 0 Å². The van der Waals surface area contributed by atoms with Crippen LogP contribution in [-0.4, -0.2) is 67.6 Å². The van der Waals surface area contributed by atoms with E-state index in [1.807, 2.05) is 12.4 Å². The van der Waals surface area contributed by atoms with Crippen molar-refractivity contribution in [2.24, 2.45) is 20.0 Å². The molecule has 2 heterocycles. The molecule has 4 rings (SSSR count). The van der Waals surface area contributed by atoms with Gasteiger partial charge in [0.05, 0.1) is 13.1 Å². The number of nitrogens with zero attached hydrogens (tertiary/aromatic N) is 4. The third kappa shape index (κ3) is 17.1. The SMILES string of the molecule is CCCCCCCCOC1(c2ccc(Oc3ccc(C4(OCCCCCCCC)C=NC=NC4)cc3CCCC[Si](C)(C)CC)c(CCCC[Si](C)(C)CC)c2)C=NC=NC1. The smallest absolute Gasteiger partial charge is 0.148 e. The van der Waals surface area contributed by atoms with Gasteiger partial charge in [-0.2, -0.15) is 0 Å². The van der Waals surface area contributed by atoms with Crippen LogP contribution in [0.1, 0.15) is 153 Å². The van der Waals surface area contributed by atoms with Crippen LogP contribution < -0.4 is 4.74 Å². The van der Waals surface area contributed by atoms with Crippen LogP contribution in [0.15, 0.2) is 56.4 Å². The first-order chi connectivity index (χ1) is 29.5. The van der Waals surface area contributed by atoms with Gasteiger partial charge in [0.1, 0.15) is 35.4 Å². The Balaban J connectivity index is 1.65. The maximum Gasteiger partial charge on any atom is 0.148 e. The van der Waals surface area contributed by atoms with Gasteiger partial charge in [0.2, 0.25) is 0 Å². The molecule has 0 fully saturated rings. The second-order valence-corrected chi connectivity index (χ2v) is 30.7. The predicted octanol–water partition coefficient (Wildman–Crippen LogP) is 15.0. The largest absolute Gasteiger partial charge is 0.457 e. The van der Waals surface area contributed by atoms with Crippen molar-refractivity contribution in [1.82, 2.24) is 0 Å². The van der Waals surface area contributed by atoms with Crippen LogP contribution in [-0.2, 0) is 33.5 Å². The third-order valence-corrected chi connectivity index (χ3v) is 20.8. The number of hydrogen-bond acceptors (Lipinski definition) is 7. The van der Waals surface area contributed by atoms with Crippen LogP contribution in [0, 0.1) is 0 Å². The fraction of sp³-hybridized carbons (Fsp3) is 0.692. The van der Waals surface area contributed by atoms with Crippen molar-refractivity contribution >= 4 is 41.3 Å². The Morgan fingerprint density at radius 1 is 0.508 bits per heavy atom.